The lowest BCUT2D eigenvalue weighted by Gasteiger charge is -2.10. The molecule has 102 valence electrons. The molecule has 2 heterocycles. The van der Waals surface area contributed by atoms with Crippen molar-refractivity contribution in [3.8, 4) is 11.3 Å². The van der Waals surface area contributed by atoms with Crippen molar-refractivity contribution in [1.82, 2.24) is 15.0 Å². The number of nitrogens with zero attached hydrogens (tertiary/aromatic N) is 2. The second-order valence-corrected chi connectivity index (χ2v) is 5.14. The molecule has 1 unspecified atom stereocenters. The van der Waals surface area contributed by atoms with Crippen LogP contribution in [0.1, 0.15) is 24.4 Å². The summed E-state index contributed by atoms with van der Waals surface area (Å²) in [5.41, 5.74) is 9.87. The van der Waals surface area contributed by atoms with Crippen LogP contribution in [0.25, 0.3) is 22.2 Å². The molecule has 1 aromatic carbocycles. The molecule has 0 radical (unpaired) electrons. The zero-order chi connectivity index (χ0) is 14.1. The number of aromatic nitrogens is 3. The van der Waals surface area contributed by atoms with Gasteiger partial charge in [0, 0.05) is 40.8 Å². The van der Waals surface area contributed by atoms with Gasteiger partial charge in [-0.2, -0.15) is 0 Å². The molecule has 0 fully saturated rings. The molecule has 0 spiro atoms. The van der Waals surface area contributed by atoms with E-state index < -0.39 is 0 Å². The Morgan fingerprint density at radius 1 is 1.25 bits per heavy atom. The van der Waals surface area contributed by atoms with Crippen molar-refractivity contribution in [1.29, 1.82) is 0 Å². The van der Waals surface area contributed by atoms with Crippen LogP contribution < -0.4 is 5.73 Å². The number of aromatic amines is 1. The van der Waals surface area contributed by atoms with E-state index in [1.54, 1.807) is 0 Å². The topological polar surface area (TPSA) is 67.6 Å². The number of benzene rings is 1. The van der Waals surface area contributed by atoms with Gasteiger partial charge in [-0.15, -0.1) is 0 Å². The highest BCUT2D eigenvalue weighted by Crippen LogP contribution is 2.28. The summed E-state index contributed by atoms with van der Waals surface area (Å²) < 4.78 is 0. The van der Waals surface area contributed by atoms with Gasteiger partial charge in [-0.05, 0) is 19.1 Å². The fourth-order valence-electron chi connectivity index (χ4n) is 2.34. The predicted octanol–water partition coefficient (Wildman–Crippen LogP) is 3.00. The van der Waals surface area contributed by atoms with Gasteiger partial charge >= 0.3 is 0 Å². The first-order valence-electron chi connectivity index (χ1n) is 6.81. The summed E-state index contributed by atoms with van der Waals surface area (Å²) in [5.74, 6) is 0.978. The third kappa shape index (κ3) is 2.18. The molecule has 1 atom stereocenters. The molecule has 0 aliphatic rings. The van der Waals surface area contributed by atoms with Crippen molar-refractivity contribution in [2.75, 3.05) is 6.54 Å². The Balaban J connectivity index is 2.16. The number of nitrogens with two attached hydrogens (primary N) is 1. The molecule has 3 rings (SSSR count). The van der Waals surface area contributed by atoms with E-state index in [4.69, 9.17) is 5.73 Å². The first kappa shape index (κ1) is 12.8. The van der Waals surface area contributed by atoms with Crippen LogP contribution in [0.15, 0.2) is 36.5 Å². The average Bonchev–Trinajstić information content (AvgIpc) is 2.89. The molecule has 0 saturated heterocycles. The number of rotatable bonds is 3. The van der Waals surface area contributed by atoms with Gasteiger partial charge in [-0.3, -0.25) is 0 Å². The van der Waals surface area contributed by atoms with E-state index in [1.807, 2.05) is 38.2 Å². The monoisotopic (exact) mass is 266 g/mol. The minimum atomic E-state index is 0.166. The Hall–Kier alpha value is -2.20. The van der Waals surface area contributed by atoms with Gasteiger partial charge in [0.15, 0.2) is 0 Å². The minimum Gasteiger partial charge on any atom is -0.360 e. The van der Waals surface area contributed by atoms with E-state index in [-0.39, 0.29) is 5.92 Å². The molecular weight excluding hydrogens is 248 g/mol. The number of para-hydroxylation sites is 1. The first-order chi connectivity index (χ1) is 9.69. The molecule has 0 amide bonds. The van der Waals surface area contributed by atoms with Crippen molar-refractivity contribution >= 4 is 10.9 Å². The molecule has 0 aliphatic heterocycles. The second kappa shape index (κ2) is 5.06. The van der Waals surface area contributed by atoms with E-state index in [0.717, 1.165) is 28.3 Å². The summed E-state index contributed by atoms with van der Waals surface area (Å²) >= 11 is 0. The highest BCUT2D eigenvalue weighted by molar-refractivity contribution is 5.94. The fourth-order valence-corrected chi connectivity index (χ4v) is 2.34. The molecule has 4 heteroatoms. The summed E-state index contributed by atoms with van der Waals surface area (Å²) in [5, 5.41) is 1.18. The molecule has 0 bridgehead atoms. The Morgan fingerprint density at radius 3 is 2.85 bits per heavy atom. The standard InChI is InChI=1S/C16H18N4/c1-10(8-17)16-19-11(2)7-15(20-16)13-9-18-14-6-4-3-5-12(13)14/h3-7,9-10,18H,8,17H2,1-2H3. The van der Waals surface area contributed by atoms with E-state index in [2.05, 4.69) is 27.1 Å². The van der Waals surface area contributed by atoms with Crippen LogP contribution in [0.3, 0.4) is 0 Å². The van der Waals surface area contributed by atoms with Crippen molar-refractivity contribution in [3.63, 3.8) is 0 Å². The van der Waals surface area contributed by atoms with E-state index >= 15 is 0 Å². The number of aryl methyl sites for hydroxylation is 1. The minimum absolute atomic E-state index is 0.166. The van der Waals surface area contributed by atoms with Crippen molar-refractivity contribution < 1.29 is 0 Å². The van der Waals surface area contributed by atoms with Crippen LogP contribution in [-0.4, -0.2) is 21.5 Å². The van der Waals surface area contributed by atoms with E-state index in [0.29, 0.717) is 6.54 Å². The van der Waals surface area contributed by atoms with Crippen LogP contribution >= 0.6 is 0 Å². The van der Waals surface area contributed by atoms with Crippen LogP contribution in [0.4, 0.5) is 0 Å². The molecule has 4 nitrogen and oxygen atoms in total. The lowest BCUT2D eigenvalue weighted by Crippen LogP contribution is -2.13. The molecule has 20 heavy (non-hydrogen) atoms. The van der Waals surface area contributed by atoms with Crippen molar-refractivity contribution in [2.24, 2.45) is 5.73 Å². The highest BCUT2D eigenvalue weighted by Gasteiger charge is 2.12. The molecule has 3 aromatic rings. The number of hydrogen-bond donors (Lipinski definition) is 2. The first-order valence-corrected chi connectivity index (χ1v) is 6.81. The normalized spacial score (nSPS) is 12.8. The third-order valence-corrected chi connectivity index (χ3v) is 3.53. The van der Waals surface area contributed by atoms with Crippen LogP contribution in [0.2, 0.25) is 0 Å². The van der Waals surface area contributed by atoms with Gasteiger partial charge in [-0.25, -0.2) is 9.97 Å². The SMILES string of the molecule is Cc1cc(-c2c[nH]c3ccccc23)nc(C(C)CN)n1. The third-order valence-electron chi connectivity index (χ3n) is 3.53. The summed E-state index contributed by atoms with van der Waals surface area (Å²) in [6.07, 6.45) is 2.00. The van der Waals surface area contributed by atoms with Gasteiger partial charge in [0.1, 0.15) is 5.82 Å². The summed E-state index contributed by atoms with van der Waals surface area (Å²) in [6, 6.07) is 10.2. The number of hydrogen-bond acceptors (Lipinski definition) is 3. The van der Waals surface area contributed by atoms with Crippen LogP contribution in [0, 0.1) is 6.92 Å². The number of nitrogens with one attached hydrogen (secondary N) is 1. The highest BCUT2D eigenvalue weighted by atomic mass is 14.9. The summed E-state index contributed by atoms with van der Waals surface area (Å²) in [7, 11) is 0. The number of H-pyrrole nitrogens is 1. The van der Waals surface area contributed by atoms with E-state index in [1.165, 1.54) is 5.39 Å². The smallest absolute Gasteiger partial charge is 0.133 e. The van der Waals surface area contributed by atoms with Crippen molar-refractivity contribution in [2.45, 2.75) is 19.8 Å². The Kier molecular flexibility index (Phi) is 3.24. The van der Waals surface area contributed by atoms with Crippen LogP contribution in [0.5, 0.6) is 0 Å². The number of fused-ring (bicyclic) bond motifs is 1. The lowest BCUT2D eigenvalue weighted by atomic mass is 10.1. The second-order valence-electron chi connectivity index (χ2n) is 5.14. The van der Waals surface area contributed by atoms with Gasteiger partial charge in [0.05, 0.1) is 5.69 Å². The molecule has 0 saturated carbocycles. The van der Waals surface area contributed by atoms with Gasteiger partial charge in [0.25, 0.3) is 0 Å². The average molecular weight is 266 g/mol. The summed E-state index contributed by atoms with van der Waals surface area (Å²) in [4.78, 5) is 12.5. The van der Waals surface area contributed by atoms with Gasteiger partial charge in [0.2, 0.25) is 0 Å². The fraction of sp³-hybridized carbons (Fsp3) is 0.250. The summed E-state index contributed by atoms with van der Waals surface area (Å²) in [6.45, 7) is 4.59. The zero-order valence-corrected chi connectivity index (χ0v) is 11.7. The largest absolute Gasteiger partial charge is 0.360 e. The van der Waals surface area contributed by atoms with Crippen LogP contribution in [-0.2, 0) is 0 Å². The predicted molar refractivity (Wildman–Crippen MR) is 81.5 cm³/mol. The van der Waals surface area contributed by atoms with Gasteiger partial charge in [-0.1, -0.05) is 25.1 Å². The maximum absolute atomic E-state index is 5.73. The maximum atomic E-state index is 5.73. The van der Waals surface area contributed by atoms with Crippen molar-refractivity contribution in [3.05, 3.63) is 48.0 Å². The Bertz CT molecular complexity index is 745. The Labute approximate surface area is 118 Å². The zero-order valence-electron chi connectivity index (χ0n) is 11.7. The molecular formula is C16H18N4. The van der Waals surface area contributed by atoms with Gasteiger partial charge < -0.3 is 10.7 Å². The molecule has 3 N–H and O–H groups in total. The maximum Gasteiger partial charge on any atom is 0.133 e. The quantitative estimate of drug-likeness (QED) is 0.765. The molecule has 0 aliphatic carbocycles. The lowest BCUT2D eigenvalue weighted by molar-refractivity contribution is 0.708. The molecule has 2 aromatic heterocycles. The Morgan fingerprint density at radius 2 is 2.05 bits per heavy atom. The van der Waals surface area contributed by atoms with E-state index in [9.17, 15) is 0 Å².